The predicted octanol–water partition coefficient (Wildman–Crippen LogP) is 2.94. The van der Waals surface area contributed by atoms with E-state index in [-0.39, 0.29) is 18.0 Å². The van der Waals surface area contributed by atoms with Crippen molar-refractivity contribution in [2.75, 3.05) is 0 Å². The van der Waals surface area contributed by atoms with Crippen molar-refractivity contribution in [1.29, 1.82) is 0 Å². The summed E-state index contributed by atoms with van der Waals surface area (Å²) in [6.07, 6.45) is 1.83. The minimum atomic E-state index is 0. The zero-order chi connectivity index (χ0) is 9.54. The van der Waals surface area contributed by atoms with Crippen molar-refractivity contribution in [2.45, 2.75) is 0 Å². The zero-order valence-corrected chi connectivity index (χ0v) is 9.35. The van der Waals surface area contributed by atoms with Gasteiger partial charge < -0.3 is 0 Å². The molecule has 3 aromatic heterocycles. The molecule has 0 aromatic carbocycles. The van der Waals surface area contributed by atoms with E-state index < -0.39 is 0 Å². The second-order valence-electron chi connectivity index (χ2n) is 3.14. The van der Waals surface area contributed by atoms with Crippen molar-refractivity contribution >= 4 is 39.3 Å². The molecule has 3 rings (SSSR count). The van der Waals surface area contributed by atoms with Gasteiger partial charge in [0.25, 0.3) is 5.56 Å². The summed E-state index contributed by atoms with van der Waals surface area (Å²) < 4.78 is 2.85. The van der Waals surface area contributed by atoms with E-state index in [9.17, 15) is 4.79 Å². The van der Waals surface area contributed by atoms with E-state index in [1.807, 2.05) is 23.7 Å². The normalized spacial score (nSPS) is 10.4. The molecule has 15 heavy (non-hydrogen) atoms. The van der Waals surface area contributed by atoms with Gasteiger partial charge in [-0.25, -0.2) is 0 Å². The van der Waals surface area contributed by atoms with Crippen LogP contribution in [0.4, 0.5) is 0 Å². The lowest BCUT2D eigenvalue weighted by Gasteiger charge is -1.99. The Balaban J connectivity index is 0.000000853. The molecule has 0 aliphatic rings. The molecule has 76 valence electrons. The van der Waals surface area contributed by atoms with E-state index >= 15 is 0 Å². The van der Waals surface area contributed by atoms with Gasteiger partial charge in [-0.3, -0.25) is 9.20 Å². The number of rotatable bonds is 0. The summed E-state index contributed by atoms with van der Waals surface area (Å²) in [5.41, 5.74) is 1.02. The van der Waals surface area contributed by atoms with Crippen molar-refractivity contribution in [3.05, 3.63) is 52.3 Å². The van der Waals surface area contributed by atoms with E-state index in [0.29, 0.717) is 0 Å². The van der Waals surface area contributed by atoms with Gasteiger partial charge >= 0.3 is 0 Å². The molecule has 0 radical (unpaired) electrons. The maximum absolute atomic E-state index is 11.5. The largest absolute Gasteiger partial charge is 0.283 e. The van der Waals surface area contributed by atoms with Gasteiger partial charge in [-0.15, -0.1) is 23.7 Å². The van der Waals surface area contributed by atoms with E-state index in [2.05, 4.69) is 6.07 Å². The minimum Gasteiger partial charge on any atom is -0.283 e. The maximum Gasteiger partial charge on any atom is 0.255 e. The Morgan fingerprint density at radius 1 is 1.13 bits per heavy atom. The molecule has 0 aliphatic heterocycles. The number of fused-ring (bicyclic) bond motifs is 3. The van der Waals surface area contributed by atoms with Gasteiger partial charge in [-0.05, 0) is 29.0 Å². The molecular formula is C11H8ClNOS. The number of pyridine rings is 2. The highest BCUT2D eigenvalue weighted by molar-refractivity contribution is 7.18. The first-order chi connectivity index (χ1) is 6.86. The fourth-order valence-corrected chi connectivity index (χ4v) is 2.56. The molecule has 4 heteroatoms. The summed E-state index contributed by atoms with van der Waals surface area (Å²) in [4.78, 5) is 11.5. The highest BCUT2D eigenvalue weighted by atomic mass is 35.5. The highest BCUT2D eigenvalue weighted by Crippen LogP contribution is 2.24. The van der Waals surface area contributed by atoms with Crippen LogP contribution in [0.5, 0.6) is 0 Å². The van der Waals surface area contributed by atoms with Gasteiger partial charge in [0.15, 0.2) is 0 Å². The van der Waals surface area contributed by atoms with Crippen molar-refractivity contribution < 1.29 is 0 Å². The Morgan fingerprint density at radius 3 is 2.87 bits per heavy atom. The van der Waals surface area contributed by atoms with Crippen LogP contribution in [-0.2, 0) is 0 Å². The van der Waals surface area contributed by atoms with Crippen molar-refractivity contribution in [3.8, 4) is 0 Å². The van der Waals surface area contributed by atoms with Crippen LogP contribution in [-0.4, -0.2) is 4.40 Å². The van der Waals surface area contributed by atoms with Gasteiger partial charge in [0, 0.05) is 12.3 Å². The molecule has 0 atom stereocenters. The zero-order valence-electron chi connectivity index (χ0n) is 7.71. The van der Waals surface area contributed by atoms with Gasteiger partial charge in [-0.2, -0.15) is 0 Å². The summed E-state index contributed by atoms with van der Waals surface area (Å²) >= 11 is 1.67. The number of thiophene rings is 1. The van der Waals surface area contributed by atoms with Crippen LogP contribution >= 0.6 is 23.7 Å². The molecule has 3 heterocycles. The van der Waals surface area contributed by atoms with Crippen LogP contribution in [0.1, 0.15) is 0 Å². The summed E-state index contributed by atoms with van der Waals surface area (Å²) in [5, 5.41) is 3.24. The van der Waals surface area contributed by atoms with Crippen LogP contribution < -0.4 is 5.56 Å². The Morgan fingerprint density at radius 2 is 2.00 bits per heavy atom. The summed E-state index contributed by atoms with van der Waals surface area (Å²) in [5.74, 6) is 0. The average Bonchev–Trinajstić information content (AvgIpc) is 2.66. The summed E-state index contributed by atoms with van der Waals surface area (Å²) in [6, 6.07) is 9.39. The SMILES string of the molecule is Cl.O=c1cccc2c3sccc3ccn12. The van der Waals surface area contributed by atoms with Gasteiger partial charge in [0.1, 0.15) is 0 Å². The number of hydrogen-bond donors (Lipinski definition) is 0. The highest BCUT2D eigenvalue weighted by Gasteiger charge is 2.01. The Labute approximate surface area is 96.2 Å². The first-order valence-corrected chi connectivity index (χ1v) is 5.22. The van der Waals surface area contributed by atoms with Crippen molar-refractivity contribution in [2.24, 2.45) is 0 Å². The number of halogens is 1. The predicted molar refractivity (Wildman–Crippen MR) is 66.3 cm³/mol. The second kappa shape index (κ2) is 3.68. The molecular weight excluding hydrogens is 230 g/mol. The van der Waals surface area contributed by atoms with Crippen LogP contribution in [0.3, 0.4) is 0 Å². The van der Waals surface area contributed by atoms with Crippen LogP contribution in [0.2, 0.25) is 0 Å². The Kier molecular flexibility index (Phi) is 2.50. The van der Waals surface area contributed by atoms with Gasteiger partial charge in [0.05, 0.1) is 10.2 Å². The van der Waals surface area contributed by atoms with E-state index in [1.54, 1.807) is 27.9 Å². The van der Waals surface area contributed by atoms with E-state index in [0.717, 1.165) is 5.52 Å². The summed E-state index contributed by atoms with van der Waals surface area (Å²) in [7, 11) is 0. The molecule has 0 bridgehead atoms. The van der Waals surface area contributed by atoms with E-state index in [4.69, 9.17) is 0 Å². The number of nitrogens with zero attached hydrogens (tertiary/aromatic N) is 1. The maximum atomic E-state index is 11.5. The first-order valence-electron chi connectivity index (χ1n) is 4.34. The Hall–Kier alpha value is -1.32. The molecule has 0 spiro atoms. The standard InChI is InChI=1S/C11H7NOS.ClH/c13-10-3-1-2-9-11-8(5-7-14-11)4-6-12(9)10;/h1-7H;1H. The molecule has 0 saturated carbocycles. The molecule has 3 aromatic rings. The van der Waals surface area contributed by atoms with Crippen LogP contribution in [0.15, 0.2) is 46.7 Å². The smallest absolute Gasteiger partial charge is 0.255 e. The van der Waals surface area contributed by atoms with E-state index in [1.165, 1.54) is 10.1 Å². The van der Waals surface area contributed by atoms with Crippen LogP contribution in [0, 0.1) is 0 Å². The third-order valence-corrected chi connectivity index (χ3v) is 3.27. The quantitative estimate of drug-likeness (QED) is 0.589. The monoisotopic (exact) mass is 237 g/mol. The lowest BCUT2D eigenvalue weighted by molar-refractivity contribution is 1.11. The van der Waals surface area contributed by atoms with Crippen molar-refractivity contribution in [1.82, 2.24) is 4.40 Å². The fraction of sp³-hybridized carbons (Fsp3) is 0. The second-order valence-corrected chi connectivity index (χ2v) is 4.06. The summed E-state index contributed by atoms with van der Waals surface area (Å²) in [6.45, 7) is 0. The van der Waals surface area contributed by atoms with Gasteiger partial charge in [0.2, 0.25) is 0 Å². The van der Waals surface area contributed by atoms with Gasteiger partial charge in [-0.1, -0.05) is 6.07 Å². The lowest BCUT2D eigenvalue weighted by atomic mass is 10.3. The number of hydrogen-bond acceptors (Lipinski definition) is 2. The topological polar surface area (TPSA) is 21.5 Å². The third kappa shape index (κ3) is 1.44. The first kappa shape index (κ1) is 10.2. The molecule has 0 amide bonds. The average molecular weight is 238 g/mol. The molecule has 0 aliphatic carbocycles. The minimum absolute atomic E-state index is 0. The number of aromatic nitrogens is 1. The molecule has 0 saturated heterocycles. The third-order valence-electron chi connectivity index (χ3n) is 2.32. The Bertz CT molecular complexity index is 671. The van der Waals surface area contributed by atoms with Crippen molar-refractivity contribution in [3.63, 3.8) is 0 Å². The molecule has 0 N–H and O–H groups in total. The van der Waals surface area contributed by atoms with Crippen LogP contribution in [0.25, 0.3) is 15.6 Å². The molecule has 0 unspecified atom stereocenters. The fourth-order valence-electron chi connectivity index (χ4n) is 1.65. The lowest BCUT2D eigenvalue weighted by Crippen LogP contribution is -2.10. The molecule has 2 nitrogen and oxygen atoms in total. The molecule has 0 fully saturated rings.